The molecule has 5 heteroatoms. The van der Waals surface area contributed by atoms with Crippen LogP contribution in [0.3, 0.4) is 0 Å². The van der Waals surface area contributed by atoms with E-state index >= 15 is 0 Å². The predicted octanol–water partition coefficient (Wildman–Crippen LogP) is -1.05. The second-order valence-corrected chi connectivity index (χ2v) is 1.79. The first kappa shape index (κ1) is 5.61. The number of aromatic nitrogens is 1. The Kier molecular flexibility index (Phi) is 0.921. The van der Waals surface area contributed by atoms with Gasteiger partial charge in [0.1, 0.15) is 5.82 Å². The van der Waals surface area contributed by atoms with Crippen LogP contribution < -0.4 is 23.0 Å². The Hall–Kier alpha value is -1.52. The molecule has 0 radical (unpaired) electrons. The molecular formula is C4H9N5. The summed E-state index contributed by atoms with van der Waals surface area (Å²) in [5.41, 5.74) is 16.8. The van der Waals surface area contributed by atoms with E-state index in [1.165, 1.54) is 10.9 Å². The Morgan fingerprint density at radius 2 is 1.78 bits per heavy atom. The zero-order chi connectivity index (χ0) is 7.02. The molecule has 0 unspecified atom stereocenters. The zero-order valence-electron chi connectivity index (χ0n) is 4.83. The third kappa shape index (κ3) is 0.620. The van der Waals surface area contributed by atoms with E-state index in [1.54, 1.807) is 0 Å². The summed E-state index contributed by atoms with van der Waals surface area (Å²) in [5, 5.41) is 0. The van der Waals surface area contributed by atoms with Crippen LogP contribution in [-0.4, -0.2) is 4.68 Å². The Balaban J connectivity index is 3.29. The molecule has 1 heterocycles. The topological polar surface area (TPSA) is 109 Å². The predicted molar refractivity (Wildman–Crippen MR) is 37.8 cm³/mol. The second kappa shape index (κ2) is 1.48. The molecule has 0 fully saturated rings. The van der Waals surface area contributed by atoms with Gasteiger partial charge < -0.3 is 23.0 Å². The van der Waals surface area contributed by atoms with Crippen LogP contribution in [0, 0.1) is 0 Å². The molecule has 0 saturated heterocycles. The van der Waals surface area contributed by atoms with Gasteiger partial charge in [0.2, 0.25) is 0 Å². The summed E-state index contributed by atoms with van der Waals surface area (Å²) >= 11 is 0. The monoisotopic (exact) mass is 127 g/mol. The fraction of sp³-hybridized carbons (Fsp3) is 0. The van der Waals surface area contributed by atoms with Crippen molar-refractivity contribution in [1.82, 2.24) is 4.68 Å². The summed E-state index contributed by atoms with van der Waals surface area (Å²) in [6.45, 7) is 0. The summed E-state index contributed by atoms with van der Waals surface area (Å²) in [6, 6.07) is 0. The average molecular weight is 127 g/mol. The van der Waals surface area contributed by atoms with Gasteiger partial charge in [0.05, 0.1) is 17.6 Å². The van der Waals surface area contributed by atoms with Gasteiger partial charge in [0, 0.05) is 0 Å². The summed E-state index contributed by atoms with van der Waals surface area (Å²) < 4.78 is 1.19. The molecule has 1 aromatic heterocycles. The highest BCUT2D eigenvalue weighted by Crippen LogP contribution is 2.21. The number of anilines is 3. The van der Waals surface area contributed by atoms with Crippen LogP contribution in [-0.2, 0) is 0 Å². The quantitative estimate of drug-likeness (QED) is 0.333. The highest BCUT2D eigenvalue weighted by molar-refractivity contribution is 5.75. The molecule has 0 spiro atoms. The van der Waals surface area contributed by atoms with Gasteiger partial charge in [-0.2, -0.15) is 0 Å². The maximum Gasteiger partial charge on any atom is 0.147 e. The van der Waals surface area contributed by atoms with Gasteiger partial charge in [0.25, 0.3) is 0 Å². The molecule has 1 rings (SSSR count). The lowest BCUT2D eigenvalue weighted by Gasteiger charge is -1.93. The molecule has 0 saturated carbocycles. The minimum Gasteiger partial charge on any atom is -0.396 e. The number of nitrogens with two attached hydrogens (primary N) is 4. The minimum atomic E-state index is 0.299. The lowest BCUT2D eigenvalue weighted by atomic mass is 10.4. The van der Waals surface area contributed by atoms with Gasteiger partial charge in [-0.05, 0) is 0 Å². The van der Waals surface area contributed by atoms with Crippen LogP contribution in [0.15, 0.2) is 6.20 Å². The van der Waals surface area contributed by atoms with E-state index in [-0.39, 0.29) is 0 Å². The lowest BCUT2D eigenvalue weighted by Crippen LogP contribution is -2.10. The molecule has 0 atom stereocenters. The highest BCUT2D eigenvalue weighted by atomic mass is 15.3. The maximum atomic E-state index is 5.35. The summed E-state index contributed by atoms with van der Waals surface area (Å²) in [6.07, 6.45) is 1.46. The van der Waals surface area contributed by atoms with E-state index < -0.39 is 0 Å². The van der Waals surface area contributed by atoms with Crippen LogP contribution >= 0.6 is 0 Å². The number of hydrogen-bond acceptors (Lipinski definition) is 4. The molecule has 0 aliphatic carbocycles. The van der Waals surface area contributed by atoms with Crippen LogP contribution in [0.25, 0.3) is 0 Å². The summed E-state index contributed by atoms with van der Waals surface area (Å²) in [7, 11) is 0. The summed E-state index contributed by atoms with van der Waals surface area (Å²) in [5.74, 6) is 5.57. The first-order chi connectivity index (χ1) is 4.13. The molecule has 8 N–H and O–H groups in total. The molecular weight excluding hydrogens is 118 g/mol. The number of hydrogen-bond donors (Lipinski definition) is 4. The average Bonchev–Trinajstić information content (AvgIpc) is 1.98. The van der Waals surface area contributed by atoms with E-state index in [0.717, 1.165) is 0 Å². The van der Waals surface area contributed by atoms with Crippen molar-refractivity contribution in [3.63, 3.8) is 0 Å². The second-order valence-electron chi connectivity index (χ2n) is 1.79. The van der Waals surface area contributed by atoms with E-state index in [1.807, 2.05) is 0 Å². The van der Waals surface area contributed by atoms with Crippen LogP contribution in [0.2, 0.25) is 0 Å². The Labute approximate surface area is 52.2 Å². The van der Waals surface area contributed by atoms with Crippen molar-refractivity contribution in [2.45, 2.75) is 0 Å². The highest BCUT2D eigenvalue weighted by Gasteiger charge is 2.03. The van der Waals surface area contributed by atoms with Crippen molar-refractivity contribution < 1.29 is 0 Å². The van der Waals surface area contributed by atoms with Gasteiger partial charge in [-0.25, -0.2) is 0 Å². The fourth-order valence-electron chi connectivity index (χ4n) is 0.576. The van der Waals surface area contributed by atoms with E-state index in [2.05, 4.69) is 0 Å². The van der Waals surface area contributed by atoms with Gasteiger partial charge in [-0.15, -0.1) is 0 Å². The number of nitrogen functional groups attached to an aromatic ring is 4. The Bertz CT molecular complexity index is 203. The van der Waals surface area contributed by atoms with E-state index in [4.69, 9.17) is 23.0 Å². The van der Waals surface area contributed by atoms with Gasteiger partial charge in [0.15, 0.2) is 0 Å². The third-order valence-electron chi connectivity index (χ3n) is 1.14. The van der Waals surface area contributed by atoms with Crippen molar-refractivity contribution in [2.24, 2.45) is 0 Å². The largest absolute Gasteiger partial charge is 0.396 e. The molecule has 5 nitrogen and oxygen atoms in total. The van der Waals surface area contributed by atoms with Crippen LogP contribution in [0.4, 0.5) is 17.2 Å². The van der Waals surface area contributed by atoms with Crippen molar-refractivity contribution in [2.75, 3.05) is 23.0 Å². The molecule has 0 aliphatic rings. The molecule has 50 valence electrons. The summed E-state index contributed by atoms with van der Waals surface area (Å²) in [4.78, 5) is 0. The minimum absolute atomic E-state index is 0.299. The zero-order valence-corrected chi connectivity index (χ0v) is 4.83. The van der Waals surface area contributed by atoms with E-state index in [9.17, 15) is 0 Å². The molecule has 9 heavy (non-hydrogen) atoms. The van der Waals surface area contributed by atoms with Gasteiger partial charge in [-0.1, -0.05) is 0 Å². The van der Waals surface area contributed by atoms with Gasteiger partial charge >= 0.3 is 0 Å². The fourth-order valence-corrected chi connectivity index (χ4v) is 0.576. The molecule has 1 aromatic rings. The Morgan fingerprint density at radius 3 is 1.89 bits per heavy atom. The van der Waals surface area contributed by atoms with Crippen molar-refractivity contribution in [1.29, 1.82) is 0 Å². The first-order valence-electron chi connectivity index (χ1n) is 2.39. The standard InChI is InChI=1S/C4H9N5/c5-2-1-9(8)4(7)3(2)6/h1H,5-8H2. The van der Waals surface area contributed by atoms with Crippen LogP contribution in [0.1, 0.15) is 0 Å². The third-order valence-corrected chi connectivity index (χ3v) is 1.14. The molecule has 0 aromatic carbocycles. The normalized spacial score (nSPS) is 9.78. The SMILES string of the molecule is Nc1cn(N)c(N)c1N. The molecule has 0 bridgehead atoms. The molecule has 0 amide bonds. The van der Waals surface area contributed by atoms with Crippen LogP contribution in [0.5, 0.6) is 0 Å². The maximum absolute atomic E-state index is 5.35. The number of rotatable bonds is 0. The Morgan fingerprint density at radius 1 is 1.22 bits per heavy atom. The van der Waals surface area contributed by atoms with E-state index in [0.29, 0.717) is 17.2 Å². The lowest BCUT2D eigenvalue weighted by molar-refractivity contribution is 1.04. The van der Waals surface area contributed by atoms with Crippen molar-refractivity contribution in [3.8, 4) is 0 Å². The smallest absolute Gasteiger partial charge is 0.147 e. The van der Waals surface area contributed by atoms with Crippen molar-refractivity contribution >= 4 is 17.2 Å². The van der Waals surface area contributed by atoms with Crippen molar-refractivity contribution in [3.05, 3.63) is 6.20 Å². The molecule has 0 aliphatic heterocycles. The first-order valence-corrected chi connectivity index (χ1v) is 2.39. The number of nitrogens with zero attached hydrogens (tertiary/aromatic N) is 1. The van der Waals surface area contributed by atoms with Gasteiger partial charge in [-0.3, -0.25) is 4.68 Å².